The predicted molar refractivity (Wildman–Crippen MR) is 139 cm³/mol. The van der Waals surface area contributed by atoms with Gasteiger partial charge < -0.3 is 26.1 Å². The summed E-state index contributed by atoms with van der Waals surface area (Å²) in [6, 6.07) is 10.0. The standard InChI is InChI=1S/C25H29Cl2N5O3/c1-14(2)31-22-10-18(19(27)12-30-22)16-9-20(29-11-16)23(33)32-21(13-35-24(34)25(3,4)28)15-6-5-7-17(26)8-15/h5-12,14,21,29H,13,28H2,1-4H3,(H,30,31)(H,32,33)/t21-/m1/s1. The number of pyridine rings is 1. The Morgan fingerprint density at radius 2 is 1.94 bits per heavy atom. The van der Waals surface area contributed by atoms with Crippen molar-refractivity contribution in [1.29, 1.82) is 0 Å². The van der Waals surface area contributed by atoms with Crippen LogP contribution in [-0.4, -0.2) is 40.0 Å². The summed E-state index contributed by atoms with van der Waals surface area (Å²) >= 11 is 12.5. The smallest absolute Gasteiger partial charge is 0.325 e. The Balaban J connectivity index is 1.81. The minimum Gasteiger partial charge on any atom is -0.462 e. The number of benzene rings is 1. The molecular formula is C25H29Cl2N5O3. The molecule has 1 atom stereocenters. The molecule has 2 heterocycles. The van der Waals surface area contributed by atoms with Gasteiger partial charge in [-0.1, -0.05) is 35.3 Å². The summed E-state index contributed by atoms with van der Waals surface area (Å²) in [5, 5.41) is 7.08. The highest BCUT2D eigenvalue weighted by Crippen LogP contribution is 2.30. The molecule has 5 N–H and O–H groups in total. The second kappa shape index (κ2) is 11.1. The molecule has 186 valence electrons. The Morgan fingerprint density at radius 3 is 2.60 bits per heavy atom. The number of nitrogens with two attached hydrogens (primary N) is 1. The number of anilines is 1. The molecule has 0 saturated heterocycles. The van der Waals surface area contributed by atoms with E-state index in [4.69, 9.17) is 33.7 Å². The molecule has 3 aromatic rings. The molecule has 0 fully saturated rings. The summed E-state index contributed by atoms with van der Waals surface area (Å²) in [5.41, 5.74) is 7.10. The highest BCUT2D eigenvalue weighted by Gasteiger charge is 2.26. The number of hydrogen-bond acceptors (Lipinski definition) is 6. The third-order valence-corrected chi connectivity index (χ3v) is 5.53. The summed E-state index contributed by atoms with van der Waals surface area (Å²) in [4.78, 5) is 32.6. The van der Waals surface area contributed by atoms with Gasteiger partial charge in [-0.3, -0.25) is 9.59 Å². The molecule has 0 aliphatic heterocycles. The molecule has 0 aliphatic carbocycles. The van der Waals surface area contributed by atoms with Crippen molar-refractivity contribution in [3.8, 4) is 11.1 Å². The predicted octanol–water partition coefficient (Wildman–Crippen LogP) is 4.96. The van der Waals surface area contributed by atoms with E-state index in [1.807, 2.05) is 19.9 Å². The van der Waals surface area contributed by atoms with Gasteiger partial charge in [0.15, 0.2) is 0 Å². The minimum absolute atomic E-state index is 0.112. The molecule has 0 radical (unpaired) electrons. The zero-order valence-electron chi connectivity index (χ0n) is 20.0. The number of ether oxygens (including phenoxy) is 1. The number of hydrogen-bond donors (Lipinski definition) is 4. The first-order valence-corrected chi connectivity index (χ1v) is 11.8. The minimum atomic E-state index is -1.16. The first-order valence-electron chi connectivity index (χ1n) is 11.1. The fraction of sp³-hybridized carbons (Fsp3) is 0.320. The maximum absolute atomic E-state index is 13.1. The van der Waals surface area contributed by atoms with Gasteiger partial charge in [0.2, 0.25) is 0 Å². The molecule has 0 unspecified atom stereocenters. The number of amides is 1. The number of nitrogens with one attached hydrogen (secondary N) is 3. The third-order valence-electron chi connectivity index (χ3n) is 4.99. The van der Waals surface area contributed by atoms with Gasteiger partial charge in [-0.2, -0.15) is 0 Å². The van der Waals surface area contributed by atoms with Gasteiger partial charge in [-0.15, -0.1) is 0 Å². The van der Waals surface area contributed by atoms with E-state index in [0.29, 0.717) is 27.1 Å². The van der Waals surface area contributed by atoms with Crippen molar-refractivity contribution in [3.05, 3.63) is 70.1 Å². The Hall–Kier alpha value is -3.07. The number of carbonyl (C=O) groups excluding carboxylic acids is 2. The zero-order chi connectivity index (χ0) is 25.8. The summed E-state index contributed by atoms with van der Waals surface area (Å²) in [6.07, 6.45) is 3.26. The summed E-state index contributed by atoms with van der Waals surface area (Å²) < 4.78 is 5.37. The molecule has 1 aromatic carbocycles. The highest BCUT2D eigenvalue weighted by atomic mass is 35.5. The topological polar surface area (TPSA) is 122 Å². The number of carbonyl (C=O) groups is 2. The van der Waals surface area contributed by atoms with E-state index < -0.39 is 23.5 Å². The van der Waals surface area contributed by atoms with Crippen molar-refractivity contribution in [1.82, 2.24) is 15.3 Å². The summed E-state index contributed by atoms with van der Waals surface area (Å²) in [6.45, 7) is 7.01. The molecule has 0 spiro atoms. The second-order valence-corrected chi connectivity index (χ2v) is 9.90. The van der Waals surface area contributed by atoms with Crippen molar-refractivity contribution >= 4 is 40.9 Å². The maximum Gasteiger partial charge on any atom is 0.325 e. The molecule has 1 amide bonds. The molecular weight excluding hydrogens is 489 g/mol. The summed E-state index contributed by atoms with van der Waals surface area (Å²) in [5.74, 6) is -0.300. The van der Waals surface area contributed by atoms with E-state index in [0.717, 1.165) is 11.1 Å². The number of aromatic nitrogens is 2. The number of halogens is 2. The van der Waals surface area contributed by atoms with Gasteiger partial charge in [0, 0.05) is 34.6 Å². The van der Waals surface area contributed by atoms with E-state index in [9.17, 15) is 9.59 Å². The lowest BCUT2D eigenvalue weighted by molar-refractivity contribution is -0.149. The molecule has 2 aromatic heterocycles. The van der Waals surface area contributed by atoms with Crippen molar-refractivity contribution < 1.29 is 14.3 Å². The molecule has 8 nitrogen and oxygen atoms in total. The second-order valence-electron chi connectivity index (χ2n) is 9.05. The monoisotopic (exact) mass is 517 g/mol. The van der Waals surface area contributed by atoms with Crippen LogP contribution in [0.4, 0.5) is 5.82 Å². The van der Waals surface area contributed by atoms with Crippen LogP contribution in [-0.2, 0) is 9.53 Å². The van der Waals surface area contributed by atoms with Gasteiger partial charge in [-0.25, -0.2) is 4.98 Å². The van der Waals surface area contributed by atoms with Crippen LogP contribution in [0.3, 0.4) is 0 Å². The fourth-order valence-corrected chi connectivity index (χ4v) is 3.65. The van der Waals surface area contributed by atoms with Crippen LogP contribution in [0.15, 0.2) is 48.8 Å². The van der Waals surface area contributed by atoms with Crippen LogP contribution in [0.25, 0.3) is 11.1 Å². The maximum atomic E-state index is 13.1. The molecule has 0 saturated carbocycles. The SMILES string of the molecule is CC(C)Nc1cc(-c2c[nH]c(C(=O)N[C@H](COC(=O)C(C)(C)N)c3cccc(Cl)c3)c2)c(Cl)cn1. The average Bonchev–Trinajstić information content (AvgIpc) is 3.26. The highest BCUT2D eigenvalue weighted by molar-refractivity contribution is 6.33. The molecule has 0 aliphatic rings. The van der Waals surface area contributed by atoms with Crippen molar-refractivity contribution in [2.45, 2.75) is 45.3 Å². The van der Waals surface area contributed by atoms with Crippen LogP contribution < -0.4 is 16.4 Å². The number of H-pyrrole nitrogens is 1. The Kier molecular flexibility index (Phi) is 8.43. The van der Waals surface area contributed by atoms with Gasteiger partial charge in [0.1, 0.15) is 23.7 Å². The fourth-order valence-electron chi connectivity index (χ4n) is 3.24. The van der Waals surface area contributed by atoms with E-state index in [1.54, 1.807) is 56.6 Å². The van der Waals surface area contributed by atoms with Crippen molar-refractivity contribution in [2.24, 2.45) is 5.73 Å². The van der Waals surface area contributed by atoms with E-state index in [2.05, 4.69) is 20.6 Å². The Morgan fingerprint density at radius 1 is 1.20 bits per heavy atom. The quantitative estimate of drug-likeness (QED) is 0.297. The number of aromatic amines is 1. The lowest BCUT2D eigenvalue weighted by Crippen LogP contribution is -2.44. The molecule has 35 heavy (non-hydrogen) atoms. The van der Waals surface area contributed by atoms with E-state index >= 15 is 0 Å². The van der Waals surface area contributed by atoms with Crippen LogP contribution in [0.5, 0.6) is 0 Å². The van der Waals surface area contributed by atoms with Crippen LogP contribution in [0, 0.1) is 0 Å². The van der Waals surface area contributed by atoms with Gasteiger partial charge in [0.05, 0.1) is 11.1 Å². The normalized spacial score (nSPS) is 12.3. The van der Waals surface area contributed by atoms with Crippen molar-refractivity contribution in [3.63, 3.8) is 0 Å². The average molecular weight is 518 g/mol. The largest absolute Gasteiger partial charge is 0.462 e. The van der Waals surface area contributed by atoms with Crippen LogP contribution >= 0.6 is 23.2 Å². The lowest BCUT2D eigenvalue weighted by Gasteiger charge is -2.22. The van der Waals surface area contributed by atoms with E-state index in [1.165, 1.54) is 0 Å². The summed E-state index contributed by atoms with van der Waals surface area (Å²) in [7, 11) is 0. The zero-order valence-corrected chi connectivity index (χ0v) is 21.5. The number of rotatable bonds is 9. The van der Waals surface area contributed by atoms with Crippen molar-refractivity contribution in [2.75, 3.05) is 11.9 Å². The van der Waals surface area contributed by atoms with Crippen LogP contribution in [0.1, 0.15) is 49.8 Å². The van der Waals surface area contributed by atoms with Gasteiger partial charge in [0.25, 0.3) is 5.91 Å². The number of nitrogens with zero attached hydrogens (tertiary/aromatic N) is 1. The first-order chi connectivity index (χ1) is 16.4. The Bertz CT molecular complexity index is 1200. The third kappa shape index (κ3) is 7.21. The number of esters is 1. The van der Waals surface area contributed by atoms with Gasteiger partial charge in [-0.05, 0) is 57.5 Å². The van der Waals surface area contributed by atoms with Crippen LogP contribution in [0.2, 0.25) is 10.0 Å². The molecule has 0 bridgehead atoms. The first kappa shape index (κ1) is 26.5. The van der Waals surface area contributed by atoms with E-state index in [-0.39, 0.29) is 12.6 Å². The Labute approximate surface area is 214 Å². The molecule has 3 rings (SSSR count). The lowest BCUT2D eigenvalue weighted by atomic mass is 10.1. The molecule has 10 heteroatoms. The van der Waals surface area contributed by atoms with Gasteiger partial charge >= 0.3 is 5.97 Å².